The van der Waals surface area contributed by atoms with Crippen molar-refractivity contribution < 1.29 is 4.79 Å². The quantitative estimate of drug-likeness (QED) is 0.605. The fourth-order valence-electron chi connectivity index (χ4n) is 3.92. The number of amides is 1. The van der Waals surface area contributed by atoms with Gasteiger partial charge in [-0.1, -0.05) is 35.7 Å². The second-order valence-corrected chi connectivity index (χ2v) is 8.74. The standard InChI is InChI=1S/C23H24N4OS/c1-4-11-26(14-18-9-7-16(2)8-10-18)23(28)20-6-5-12-27(20)21-19-13-17(3)29-22(19)25-15-24-21/h1,7-10,13,15,20H,5-6,11-12,14H2,2-3H3. The number of carbonyl (C=O) groups excluding carboxylic acids is 1. The van der Waals surface area contributed by atoms with Gasteiger partial charge in [-0.2, -0.15) is 0 Å². The zero-order valence-corrected chi connectivity index (χ0v) is 17.6. The molecule has 1 fully saturated rings. The summed E-state index contributed by atoms with van der Waals surface area (Å²) in [4.78, 5) is 28.5. The maximum atomic E-state index is 13.5. The highest BCUT2D eigenvalue weighted by Gasteiger charge is 2.35. The van der Waals surface area contributed by atoms with E-state index in [1.807, 2.05) is 0 Å². The average molecular weight is 405 g/mol. The molecule has 0 N–H and O–H groups in total. The Morgan fingerprint density at radius 1 is 1.31 bits per heavy atom. The molecule has 1 saturated heterocycles. The molecule has 6 heteroatoms. The Bertz CT molecular complexity index is 1070. The van der Waals surface area contributed by atoms with Crippen LogP contribution in [0.25, 0.3) is 10.2 Å². The van der Waals surface area contributed by atoms with Crippen molar-refractivity contribution in [2.75, 3.05) is 18.0 Å². The molecular weight excluding hydrogens is 380 g/mol. The van der Waals surface area contributed by atoms with E-state index in [9.17, 15) is 4.79 Å². The minimum Gasteiger partial charge on any atom is -0.344 e. The number of thiophene rings is 1. The van der Waals surface area contributed by atoms with Crippen LogP contribution in [0.2, 0.25) is 0 Å². The van der Waals surface area contributed by atoms with Crippen LogP contribution in [0.3, 0.4) is 0 Å². The summed E-state index contributed by atoms with van der Waals surface area (Å²) in [7, 11) is 0. The largest absolute Gasteiger partial charge is 0.344 e. The highest BCUT2D eigenvalue weighted by Crippen LogP contribution is 2.34. The molecule has 2 aromatic heterocycles. The second-order valence-electron chi connectivity index (χ2n) is 7.51. The summed E-state index contributed by atoms with van der Waals surface area (Å²) >= 11 is 1.65. The Balaban J connectivity index is 1.61. The summed E-state index contributed by atoms with van der Waals surface area (Å²) in [5.74, 6) is 3.58. The molecule has 1 unspecified atom stereocenters. The Morgan fingerprint density at radius 3 is 2.86 bits per heavy atom. The van der Waals surface area contributed by atoms with Gasteiger partial charge < -0.3 is 9.80 Å². The minimum absolute atomic E-state index is 0.0692. The Labute approximate surface area is 175 Å². The van der Waals surface area contributed by atoms with Crippen LogP contribution in [0.15, 0.2) is 36.7 Å². The number of aryl methyl sites for hydroxylation is 2. The first kappa shape index (κ1) is 19.4. The first-order chi connectivity index (χ1) is 14.1. The molecule has 1 atom stereocenters. The van der Waals surface area contributed by atoms with Crippen LogP contribution in [0.1, 0.15) is 28.8 Å². The first-order valence-electron chi connectivity index (χ1n) is 9.82. The molecular formula is C23H24N4OS. The van der Waals surface area contributed by atoms with Gasteiger partial charge >= 0.3 is 0 Å². The molecule has 5 nitrogen and oxygen atoms in total. The molecule has 3 aromatic rings. The van der Waals surface area contributed by atoms with Crippen molar-refractivity contribution in [1.29, 1.82) is 0 Å². The van der Waals surface area contributed by atoms with Crippen LogP contribution >= 0.6 is 11.3 Å². The van der Waals surface area contributed by atoms with Crippen LogP contribution in [-0.4, -0.2) is 39.9 Å². The lowest BCUT2D eigenvalue weighted by Crippen LogP contribution is -2.46. The van der Waals surface area contributed by atoms with E-state index in [1.165, 1.54) is 10.4 Å². The van der Waals surface area contributed by atoms with Gasteiger partial charge in [0.05, 0.1) is 11.9 Å². The minimum atomic E-state index is -0.243. The second kappa shape index (κ2) is 8.22. The third kappa shape index (κ3) is 3.96. The molecule has 29 heavy (non-hydrogen) atoms. The van der Waals surface area contributed by atoms with Gasteiger partial charge in [0.15, 0.2) is 0 Å². The van der Waals surface area contributed by atoms with Crippen molar-refractivity contribution in [2.24, 2.45) is 0 Å². The molecule has 0 saturated carbocycles. The highest BCUT2D eigenvalue weighted by atomic mass is 32.1. The van der Waals surface area contributed by atoms with E-state index in [-0.39, 0.29) is 11.9 Å². The fraction of sp³-hybridized carbons (Fsp3) is 0.348. The van der Waals surface area contributed by atoms with Crippen molar-refractivity contribution in [3.05, 3.63) is 52.7 Å². The van der Waals surface area contributed by atoms with Gasteiger partial charge in [-0.05, 0) is 38.3 Å². The zero-order valence-electron chi connectivity index (χ0n) is 16.8. The molecule has 1 aromatic carbocycles. The van der Waals surface area contributed by atoms with E-state index in [0.717, 1.165) is 41.0 Å². The molecule has 1 aliphatic rings. The monoisotopic (exact) mass is 404 g/mol. The van der Waals surface area contributed by atoms with Crippen LogP contribution in [0, 0.1) is 26.2 Å². The van der Waals surface area contributed by atoms with E-state index in [4.69, 9.17) is 6.42 Å². The number of aromatic nitrogens is 2. The highest BCUT2D eigenvalue weighted by molar-refractivity contribution is 7.18. The number of rotatable bonds is 5. The van der Waals surface area contributed by atoms with Gasteiger partial charge in [0.1, 0.15) is 23.0 Å². The number of hydrogen-bond donors (Lipinski definition) is 0. The molecule has 3 heterocycles. The van der Waals surface area contributed by atoms with Gasteiger partial charge in [0.2, 0.25) is 5.91 Å². The number of fused-ring (bicyclic) bond motifs is 1. The lowest BCUT2D eigenvalue weighted by atomic mass is 10.1. The lowest BCUT2D eigenvalue weighted by molar-refractivity contribution is -0.132. The zero-order chi connectivity index (χ0) is 20.4. The van der Waals surface area contributed by atoms with Crippen molar-refractivity contribution in [3.8, 4) is 12.3 Å². The van der Waals surface area contributed by atoms with E-state index < -0.39 is 0 Å². The van der Waals surface area contributed by atoms with Crippen LogP contribution in [-0.2, 0) is 11.3 Å². The maximum absolute atomic E-state index is 13.5. The molecule has 1 amide bonds. The summed E-state index contributed by atoms with van der Waals surface area (Å²) in [5, 5.41) is 1.02. The predicted octanol–water partition coefficient (Wildman–Crippen LogP) is 3.94. The van der Waals surface area contributed by atoms with Gasteiger partial charge in [0.25, 0.3) is 0 Å². The molecule has 0 radical (unpaired) electrons. The molecule has 0 aliphatic carbocycles. The van der Waals surface area contributed by atoms with Crippen molar-refractivity contribution in [3.63, 3.8) is 0 Å². The van der Waals surface area contributed by atoms with Crippen LogP contribution in [0.4, 0.5) is 5.82 Å². The third-order valence-electron chi connectivity index (χ3n) is 5.33. The van der Waals surface area contributed by atoms with Crippen LogP contribution in [0.5, 0.6) is 0 Å². The van der Waals surface area contributed by atoms with Crippen molar-refractivity contribution in [1.82, 2.24) is 14.9 Å². The van der Waals surface area contributed by atoms with Crippen molar-refractivity contribution >= 4 is 33.3 Å². The maximum Gasteiger partial charge on any atom is 0.246 e. The number of nitrogens with zero attached hydrogens (tertiary/aromatic N) is 4. The number of anilines is 1. The summed E-state index contributed by atoms with van der Waals surface area (Å²) in [5.41, 5.74) is 2.28. The summed E-state index contributed by atoms with van der Waals surface area (Å²) in [6.07, 6.45) is 8.95. The molecule has 0 spiro atoms. The smallest absolute Gasteiger partial charge is 0.246 e. The SMILES string of the molecule is C#CCN(Cc1ccc(C)cc1)C(=O)C1CCCN1c1ncnc2sc(C)cc12. The number of terminal acetylenes is 1. The summed E-state index contributed by atoms with van der Waals surface area (Å²) < 4.78 is 0. The van der Waals surface area contributed by atoms with Crippen molar-refractivity contribution in [2.45, 2.75) is 39.3 Å². The van der Waals surface area contributed by atoms with Gasteiger partial charge in [-0.15, -0.1) is 17.8 Å². The van der Waals surface area contributed by atoms with E-state index >= 15 is 0 Å². The Kier molecular flexibility index (Phi) is 5.50. The van der Waals surface area contributed by atoms with Gasteiger partial charge in [-0.3, -0.25) is 4.79 Å². The summed E-state index contributed by atoms with van der Waals surface area (Å²) in [6, 6.07) is 10.1. The summed E-state index contributed by atoms with van der Waals surface area (Å²) in [6.45, 7) is 5.75. The molecule has 4 rings (SSSR count). The van der Waals surface area contributed by atoms with Gasteiger partial charge in [-0.25, -0.2) is 9.97 Å². The fourth-order valence-corrected chi connectivity index (χ4v) is 4.76. The average Bonchev–Trinajstić information content (AvgIpc) is 3.34. The number of hydrogen-bond acceptors (Lipinski definition) is 5. The Hall–Kier alpha value is -2.91. The molecule has 148 valence electrons. The first-order valence-corrected chi connectivity index (χ1v) is 10.6. The Morgan fingerprint density at radius 2 is 2.10 bits per heavy atom. The third-order valence-corrected chi connectivity index (χ3v) is 6.29. The van der Waals surface area contributed by atoms with E-state index in [0.29, 0.717) is 13.1 Å². The van der Waals surface area contributed by atoms with Crippen LogP contribution < -0.4 is 4.90 Å². The number of carbonyl (C=O) groups is 1. The van der Waals surface area contributed by atoms with E-state index in [2.05, 4.69) is 65.0 Å². The normalized spacial score (nSPS) is 16.2. The lowest BCUT2D eigenvalue weighted by Gasteiger charge is -2.30. The van der Waals surface area contributed by atoms with E-state index in [1.54, 1.807) is 22.6 Å². The number of benzene rings is 1. The predicted molar refractivity (Wildman–Crippen MR) is 118 cm³/mol. The molecule has 0 bridgehead atoms. The molecule has 1 aliphatic heterocycles. The van der Waals surface area contributed by atoms with Gasteiger partial charge in [0, 0.05) is 18.0 Å². The topological polar surface area (TPSA) is 49.3 Å².